The molecule has 0 amide bonds. The smallest absolute Gasteiger partial charge is 0.381 e. The highest BCUT2D eigenvalue weighted by Crippen LogP contribution is 2.27. The molecule has 6 nitrogen and oxygen atoms in total. The van der Waals surface area contributed by atoms with Crippen LogP contribution in [0.5, 0.6) is 11.5 Å². The maximum atomic E-state index is 12.9. The fourth-order valence-electron chi connectivity index (χ4n) is 2.27. The number of ether oxygens (including phenoxy) is 1. The topological polar surface area (TPSA) is 85.2 Å². The van der Waals surface area contributed by atoms with E-state index < -0.39 is 11.8 Å². The first-order valence-electron chi connectivity index (χ1n) is 7.41. The normalized spacial score (nSPS) is 10.5. The number of nitrogens with zero attached hydrogens (tertiary/aromatic N) is 3. The highest BCUT2D eigenvalue weighted by atomic mass is 19.1. The van der Waals surface area contributed by atoms with Crippen LogP contribution >= 0.6 is 0 Å². The van der Waals surface area contributed by atoms with E-state index in [1.54, 1.807) is 26.0 Å². The van der Waals surface area contributed by atoms with E-state index in [1.807, 2.05) is 0 Å². The molecule has 0 saturated carbocycles. The van der Waals surface area contributed by atoms with Gasteiger partial charge in [0.2, 0.25) is 5.82 Å². The minimum absolute atomic E-state index is 0.169. The molecule has 1 aromatic heterocycles. The van der Waals surface area contributed by atoms with Crippen LogP contribution in [0.3, 0.4) is 0 Å². The number of esters is 1. The van der Waals surface area contributed by atoms with Gasteiger partial charge in [0.25, 0.3) is 0 Å². The zero-order valence-corrected chi connectivity index (χ0v) is 13.5. The molecule has 1 heterocycles. The number of rotatable bonds is 3. The van der Waals surface area contributed by atoms with E-state index in [0.717, 1.165) is 0 Å². The van der Waals surface area contributed by atoms with Crippen LogP contribution in [0, 0.1) is 19.7 Å². The van der Waals surface area contributed by atoms with Crippen molar-refractivity contribution >= 4 is 5.97 Å². The monoisotopic (exact) mass is 339 g/mol. The number of aryl methyl sites for hydroxylation is 2. The molecule has 3 rings (SSSR count). The van der Waals surface area contributed by atoms with Crippen LogP contribution in [0.15, 0.2) is 42.7 Å². The summed E-state index contributed by atoms with van der Waals surface area (Å²) in [6.45, 7) is 3.52. The van der Waals surface area contributed by atoms with E-state index in [4.69, 9.17) is 4.74 Å². The molecule has 25 heavy (non-hydrogen) atoms. The molecule has 0 fully saturated rings. The number of aromatic hydroxyl groups is 1. The summed E-state index contributed by atoms with van der Waals surface area (Å²) in [6, 6.07) is 8.47. The van der Waals surface area contributed by atoms with Crippen LogP contribution < -0.4 is 4.74 Å². The zero-order valence-electron chi connectivity index (χ0n) is 13.5. The summed E-state index contributed by atoms with van der Waals surface area (Å²) in [7, 11) is 0. The van der Waals surface area contributed by atoms with Gasteiger partial charge < -0.3 is 9.84 Å². The van der Waals surface area contributed by atoms with Gasteiger partial charge in [0.1, 0.15) is 23.6 Å². The van der Waals surface area contributed by atoms with Gasteiger partial charge >= 0.3 is 5.97 Å². The van der Waals surface area contributed by atoms with Gasteiger partial charge in [0, 0.05) is 5.56 Å². The molecule has 0 spiro atoms. The lowest BCUT2D eigenvalue weighted by atomic mass is 10.1. The molecule has 0 saturated heterocycles. The van der Waals surface area contributed by atoms with Crippen LogP contribution in [0.2, 0.25) is 0 Å². The molecular formula is C18H14FN3O3. The lowest BCUT2D eigenvalue weighted by Crippen LogP contribution is -2.14. The van der Waals surface area contributed by atoms with Gasteiger partial charge in [-0.15, -0.1) is 0 Å². The summed E-state index contributed by atoms with van der Waals surface area (Å²) in [5, 5.41) is 9.85. The Morgan fingerprint density at radius 3 is 2.36 bits per heavy atom. The Morgan fingerprint density at radius 1 is 1.08 bits per heavy atom. The first-order valence-corrected chi connectivity index (χ1v) is 7.41. The second-order valence-corrected chi connectivity index (χ2v) is 5.43. The number of halogens is 1. The van der Waals surface area contributed by atoms with Crippen molar-refractivity contribution in [2.75, 3.05) is 0 Å². The number of aromatic nitrogens is 3. The molecule has 2 aromatic carbocycles. The second kappa shape index (κ2) is 6.64. The number of carbonyl (C=O) groups is 1. The number of phenols is 1. The van der Waals surface area contributed by atoms with E-state index in [0.29, 0.717) is 16.7 Å². The second-order valence-electron chi connectivity index (χ2n) is 5.43. The number of phenolic OH excluding ortho intramolecular Hbond substituents is 1. The van der Waals surface area contributed by atoms with E-state index in [1.165, 1.54) is 30.6 Å². The largest absolute Gasteiger partial charge is 0.507 e. The van der Waals surface area contributed by atoms with Gasteiger partial charge in [-0.3, -0.25) is 0 Å². The van der Waals surface area contributed by atoms with Crippen molar-refractivity contribution in [3.05, 3.63) is 65.5 Å². The van der Waals surface area contributed by atoms with Crippen LogP contribution in [-0.4, -0.2) is 26.0 Å². The van der Waals surface area contributed by atoms with Crippen molar-refractivity contribution < 1.29 is 19.0 Å². The van der Waals surface area contributed by atoms with Gasteiger partial charge in [-0.25, -0.2) is 24.1 Å². The molecular weight excluding hydrogens is 325 g/mol. The summed E-state index contributed by atoms with van der Waals surface area (Å²) in [5.41, 5.74) is 1.99. The number of carbonyl (C=O) groups excluding carboxylic acids is 1. The van der Waals surface area contributed by atoms with Gasteiger partial charge in [0.05, 0.1) is 0 Å². The highest BCUT2D eigenvalue weighted by Gasteiger charge is 2.15. The minimum atomic E-state index is -0.775. The summed E-state index contributed by atoms with van der Waals surface area (Å²) in [4.78, 5) is 24.2. The minimum Gasteiger partial charge on any atom is -0.507 e. The van der Waals surface area contributed by atoms with E-state index in [-0.39, 0.29) is 23.1 Å². The summed E-state index contributed by atoms with van der Waals surface area (Å²) in [5.74, 6) is -0.703. The predicted octanol–water partition coefficient (Wildman–Crippen LogP) is 3.22. The Bertz CT molecular complexity index is 920. The van der Waals surface area contributed by atoms with Crippen molar-refractivity contribution in [2.45, 2.75) is 13.8 Å². The molecule has 0 aliphatic rings. The van der Waals surface area contributed by atoms with Crippen LogP contribution in [0.25, 0.3) is 11.4 Å². The maximum absolute atomic E-state index is 12.9. The number of hydrogen-bond donors (Lipinski definition) is 1. The Labute approximate surface area is 143 Å². The fourth-order valence-corrected chi connectivity index (χ4v) is 2.27. The van der Waals surface area contributed by atoms with Gasteiger partial charge in [-0.2, -0.15) is 0 Å². The van der Waals surface area contributed by atoms with Crippen LogP contribution in [0.1, 0.15) is 21.7 Å². The van der Waals surface area contributed by atoms with Crippen molar-refractivity contribution in [3.63, 3.8) is 0 Å². The highest BCUT2D eigenvalue weighted by molar-refractivity contribution is 5.87. The first-order chi connectivity index (χ1) is 11.9. The molecule has 3 aromatic rings. The Balaban J connectivity index is 1.88. The predicted molar refractivity (Wildman–Crippen MR) is 87.8 cm³/mol. The van der Waals surface area contributed by atoms with E-state index in [2.05, 4.69) is 15.0 Å². The van der Waals surface area contributed by atoms with Crippen LogP contribution in [0.4, 0.5) is 4.39 Å². The number of benzene rings is 2. The maximum Gasteiger partial charge on any atom is 0.381 e. The van der Waals surface area contributed by atoms with Gasteiger partial charge in [-0.05, 0) is 61.4 Å². The molecule has 0 bridgehead atoms. The van der Waals surface area contributed by atoms with Crippen molar-refractivity contribution in [3.8, 4) is 22.9 Å². The van der Waals surface area contributed by atoms with E-state index in [9.17, 15) is 14.3 Å². The molecule has 0 unspecified atom stereocenters. The first kappa shape index (κ1) is 16.5. The van der Waals surface area contributed by atoms with Gasteiger partial charge in [0.15, 0.2) is 5.82 Å². The molecule has 0 aliphatic heterocycles. The van der Waals surface area contributed by atoms with Crippen LogP contribution in [-0.2, 0) is 0 Å². The molecule has 0 atom stereocenters. The third-order valence-corrected chi connectivity index (χ3v) is 3.53. The van der Waals surface area contributed by atoms with E-state index >= 15 is 0 Å². The van der Waals surface area contributed by atoms with Gasteiger partial charge in [-0.1, -0.05) is 0 Å². The van der Waals surface area contributed by atoms with Crippen molar-refractivity contribution in [1.29, 1.82) is 0 Å². The zero-order chi connectivity index (χ0) is 18.0. The Kier molecular flexibility index (Phi) is 4.38. The SMILES string of the molecule is Cc1cc(-c2ncnc(C(=O)Oc3ccc(F)cc3)n2)cc(C)c1O. The average Bonchev–Trinajstić information content (AvgIpc) is 2.61. The molecule has 0 aliphatic carbocycles. The lowest BCUT2D eigenvalue weighted by Gasteiger charge is -2.08. The number of hydrogen-bond acceptors (Lipinski definition) is 6. The Morgan fingerprint density at radius 2 is 1.72 bits per heavy atom. The third kappa shape index (κ3) is 3.60. The third-order valence-electron chi connectivity index (χ3n) is 3.53. The Hall–Kier alpha value is -3.35. The molecule has 126 valence electrons. The summed E-state index contributed by atoms with van der Waals surface area (Å²) < 4.78 is 18.0. The lowest BCUT2D eigenvalue weighted by molar-refractivity contribution is 0.0721. The molecule has 0 radical (unpaired) electrons. The molecule has 1 N–H and O–H groups in total. The van der Waals surface area contributed by atoms with Crippen molar-refractivity contribution in [1.82, 2.24) is 15.0 Å². The standard InChI is InChI=1S/C18H14FN3O3/c1-10-7-12(8-11(2)15(10)23)16-20-9-21-17(22-16)18(24)25-14-5-3-13(19)4-6-14/h3-9,23H,1-2H3. The summed E-state index contributed by atoms with van der Waals surface area (Å²) in [6.07, 6.45) is 1.21. The quantitative estimate of drug-likeness (QED) is 0.582. The fraction of sp³-hybridized carbons (Fsp3) is 0.111. The molecule has 7 heteroatoms. The van der Waals surface area contributed by atoms with Crippen molar-refractivity contribution in [2.24, 2.45) is 0 Å². The summed E-state index contributed by atoms with van der Waals surface area (Å²) >= 11 is 0. The average molecular weight is 339 g/mol.